The molecule has 4 heteroatoms. The minimum Gasteiger partial charge on any atom is -0.466 e. The van der Waals surface area contributed by atoms with Gasteiger partial charge in [-0.25, -0.2) is 4.39 Å². The molecule has 0 unspecified atom stereocenters. The quantitative estimate of drug-likeness (QED) is 0.713. The Morgan fingerprint density at radius 1 is 1.21 bits per heavy atom. The predicted molar refractivity (Wildman–Crippen MR) is 70.3 cm³/mol. The van der Waals surface area contributed by atoms with E-state index in [9.17, 15) is 14.0 Å². The lowest BCUT2D eigenvalue weighted by Gasteiger charge is -2.05. The molecule has 1 aromatic carbocycles. The van der Waals surface area contributed by atoms with Crippen molar-refractivity contribution in [3.05, 3.63) is 35.1 Å². The van der Waals surface area contributed by atoms with E-state index in [1.165, 1.54) is 12.1 Å². The van der Waals surface area contributed by atoms with Gasteiger partial charge < -0.3 is 4.74 Å². The van der Waals surface area contributed by atoms with E-state index in [0.29, 0.717) is 19.4 Å². The highest BCUT2D eigenvalue weighted by Gasteiger charge is 2.09. The van der Waals surface area contributed by atoms with Crippen molar-refractivity contribution in [3.8, 4) is 0 Å². The molecule has 3 nitrogen and oxygen atoms in total. The van der Waals surface area contributed by atoms with Crippen LogP contribution in [-0.2, 0) is 20.7 Å². The fourth-order valence-electron chi connectivity index (χ4n) is 1.78. The summed E-state index contributed by atoms with van der Waals surface area (Å²) in [6.07, 6.45) is 1.14. The lowest BCUT2D eigenvalue weighted by molar-refractivity contribution is -0.144. The number of aryl methyl sites for hydroxylation is 2. The Hall–Kier alpha value is -1.71. The van der Waals surface area contributed by atoms with E-state index >= 15 is 0 Å². The molecule has 0 aliphatic rings. The molecule has 0 aliphatic heterocycles. The van der Waals surface area contributed by atoms with Gasteiger partial charge in [-0.15, -0.1) is 0 Å². The summed E-state index contributed by atoms with van der Waals surface area (Å²) in [5, 5.41) is 0. The third kappa shape index (κ3) is 5.64. The molecule has 0 radical (unpaired) electrons. The van der Waals surface area contributed by atoms with E-state index in [4.69, 9.17) is 4.74 Å². The Morgan fingerprint density at radius 3 is 2.63 bits per heavy atom. The van der Waals surface area contributed by atoms with Gasteiger partial charge in [0, 0.05) is 12.8 Å². The van der Waals surface area contributed by atoms with Gasteiger partial charge in [0.1, 0.15) is 11.6 Å². The Bertz CT molecular complexity index is 455. The van der Waals surface area contributed by atoms with Crippen LogP contribution in [0.3, 0.4) is 0 Å². The molecule has 0 fully saturated rings. The van der Waals surface area contributed by atoms with E-state index in [1.807, 2.05) is 6.92 Å². The monoisotopic (exact) mass is 266 g/mol. The van der Waals surface area contributed by atoms with Crippen molar-refractivity contribution in [2.75, 3.05) is 6.61 Å². The number of ketones is 1. The second-order valence-electron chi connectivity index (χ2n) is 4.41. The average Bonchev–Trinajstić information content (AvgIpc) is 2.38. The van der Waals surface area contributed by atoms with Crippen LogP contribution in [0.25, 0.3) is 0 Å². The number of hydrogen-bond donors (Lipinski definition) is 0. The third-order valence-corrected chi connectivity index (χ3v) is 2.90. The molecule has 0 heterocycles. The van der Waals surface area contributed by atoms with Crippen molar-refractivity contribution >= 4 is 11.8 Å². The smallest absolute Gasteiger partial charge is 0.306 e. The molecule has 0 aromatic heterocycles. The molecule has 0 saturated carbocycles. The zero-order valence-electron chi connectivity index (χ0n) is 11.4. The maximum atomic E-state index is 13.1. The van der Waals surface area contributed by atoms with Crippen LogP contribution in [0, 0.1) is 12.7 Å². The molecule has 0 aliphatic carbocycles. The summed E-state index contributed by atoms with van der Waals surface area (Å²) in [4.78, 5) is 22.7. The van der Waals surface area contributed by atoms with Gasteiger partial charge in [-0.2, -0.15) is 0 Å². The molecule has 104 valence electrons. The topological polar surface area (TPSA) is 43.4 Å². The van der Waals surface area contributed by atoms with Gasteiger partial charge in [-0.1, -0.05) is 6.07 Å². The number of hydrogen-bond acceptors (Lipinski definition) is 3. The SMILES string of the molecule is CCOC(=O)CCC(=O)CCc1cc(F)ccc1C. The summed E-state index contributed by atoms with van der Waals surface area (Å²) in [6, 6.07) is 4.56. The number of rotatable bonds is 7. The maximum Gasteiger partial charge on any atom is 0.306 e. The first-order valence-corrected chi connectivity index (χ1v) is 6.45. The molecule has 0 N–H and O–H groups in total. The van der Waals surface area contributed by atoms with Crippen molar-refractivity contribution in [1.82, 2.24) is 0 Å². The molecule has 0 amide bonds. The molecule has 0 saturated heterocycles. The van der Waals surface area contributed by atoms with Crippen LogP contribution >= 0.6 is 0 Å². The molecule has 19 heavy (non-hydrogen) atoms. The Labute approximate surface area is 112 Å². The standard InChI is InChI=1S/C15H19FO3/c1-3-19-15(18)9-8-14(17)7-5-12-10-13(16)6-4-11(12)2/h4,6,10H,3,5,7-9H2,1-2H3. The summed E-state index contributed by atoms with van der Waals surface area (Å²) in [5.74, 6) is -0.644. The van der Waals surface area contributed by atoms with Crippen molar-refractivity contribution in [1.29, 1.82) is 0 Å². The van der Waals surface area contributed by atoms with Gasteiger partial charge in [-0.3, -0.25) is 9.59 Å². The summed E-state index contributed by atoms with van der Waals surface area (Å²) in [7, 11) is 0. The molecule has 1 rings (SSSR count). The molecular weight excluding hydrogens is 247 g/mol. The normalized spacial score (nSPS) is 10.3. The molecule has 0 bridgehead atoms. The highest BCUT2D eigenvalue weighted by molar-refractivity contribution is 5.83. The number of esters is 1. The van der Waals surface area contributed by atoms with E-state index < -0.39 is 0 Å². The van der Waals surface area contributed by atoms with Crippen LogP contribution in [0.5, 0.6) is 0 Å². The highest BCUT2D eigenvalue weighted by atomic mass is 19.1. The second-order valence-corrected chi connectivity index (χ2v) is 4.41. The van der Waals surface area contributed by atoms with Crippen LogP contribution in [0.15, 0.2) is 18.2 Å². The van der Waals surface area contributed by atoms with Crippen molar-refractivity contribution < 1.29 is 18.7 Å². The highest BCUT2D eigenvalue weighted by Crippen LogP contribution is 2.13. The van der Waals surface area contributed by atoms with Crippen LogP contribution < -0.4 is 0 Å². The van der Waals surface area contributed by atoms with Crippen LogP contribution in [0.2, 0.25) is 0 Å². The number of Topliss-reactive ketones (excluding diaryl/α,β-unsaturated/α-hetero) is 1. The fraction of sp³-hybridized carbons (Fsp3) is 0.467. The van der Waals surface area contributed by atoms with E-state index in [2.05, 4.69) is 0 Å². The summed E-state index contributed by atoms with van der Waals surface area (Å²) < 4.78 is 17.8. The fourth-order valence-corrected chi connectivity index (χ4v) is 1.78. The van der Waals surface area contributed by atoms with E-state index in [1.54, 1.807) is 13.0 Å². The van der Waals surface area contributed by atoms with Gasteiger partial charge >= 0.3 is 5.97 Å². The first kappa shape index (κ1) is 15.3. The van der Waals surface area contributed by atoms with Gasteiger partial charge in [0.15, 0.2) is 0 Å². The Kier molecular flexibility index (Phi) is 6.19. The lowest BCUT2D eigenvalue weighted by Crippen LogP contribution is -2.08. The lowest BCUT2D eigenvalue weighted by atomic mass is 10.0. The van der Waals surface area contributed by atoms with Crippen molar-refractivity contribution in [3.63, 3.8) is 0 Å². The van der Waals surface area contributed by atoms with Crippen molar-refractivity contribution in [2.45, 2.75) is 39.5 Å². The number of benzene rings is 1. The zero-order chi connectivity index (χ0) is 14.3. The van der Waals surface area contributed by atoms with Gasteiger partial charge in [0.25, 0.3) is 0 Å². The Morgan fingerprint density at radius 2 is 1.95 bits per heavy atom. The maximum absolute atomic E-state index is 13.1. The van der Waals surface area contributed by atoms with Gasteiger partial charge in [0.05, 0.1) is 13.0 Å². The summed E-state index contributed by atoms with van der Waals surface area (Å²) in [6.45, 7) is 3.94. The van der Waals surface area contributed by atoms with Gasteiger partial charge in [0.2, 0.25) is 0 Å². The van der Waals surface area contributed by atoms with Crippen LogP contribution in [0.1, 0.15) is 37.3 Å². The Balaban J connectivity index is 2.38. The van der Waals surface area contributed by atoms with Crippen LogP contribution in [-0.4, -0.2) is 18.4 Å². The third-order valence-electron chi connectivity index (χ3n) is 2.90. The predicted octanol–water partition coefficient (Wildman–Crippen LogP) is 2.98. The number of carbonyl (C=O) groups is 2. The second kappa shape index (κ2) is 7.67. The largest absolute Gasteiger partial charge is 0.466 e. The number of ether oxygens (including phenoxy) is 1. The minimum atomic E-state index is -0.349. The zero-order valence-corrected chi connectivity index (χ0v) is 11.4. The molecule has 1 aromatic rings. The summed E-state index contributed by atoms with van der Waals surface area (Å²) in [5.41, 5.74) is 1.81. The first-order chi connectivity index (χ1) is 9.02. The van der Waals surface area contributed by atoms with Gasteiger partial charge in [-0.05, 0) is 43.5 Å². The van der Waals surface area contributed by atoms with E-state index in [0.717, 1.165) is 11.1 Å². The van der Waals surface area contributed by atoms with Crippen molar-refractivity contribution in [2.24, 2.45) is 0 Å². The average molecular weight is 266 g/mol. The first-order valence-electron chi connectivity index (χ1n) is 6.45. The van der Waals surface area contributed by atoms with Crippen LogP contribution in [0.4, 0.5) is 4.39 Å². The molecule has 0 spiro atoms. The summed E-state index contributed by atoms with van der Waals surface area (Å²) >= 11 is 0. The molecular formula is C15H19FO3. The number of carbonyl (C=O) groups excluding carboxylic acids is 2. The minimum absolute atomic E-state index is 0.00304. The molecule has 0 atom stereocenters. The number of halogens is 1. The van der Waals surface area contributed by atoms with E-state index in [-0.39, 0.29) is 30.4 Å².